The third-order valence-electron chi connectivity index (χ3n) is 3.22. The first-order chi connectivity index (χ1) is 9.95. The molecule has 0 saturated heterocycles. The first-order valence-corrected chi connectivity index (χ1v) is 7.47. The first kappa shape index (κ1) is 15.8. The maximum Gasteiger partial charge on any atom is 0.219 e. The molecule has 0 unspecified atom stereocenters. The summed E-state index contributed by atoms with van der Waals surface area (Å²) in [5, 5.41) is 4.13. The van der Waals surface area contributed by atoms with Crippen molar-refractivity contribution in [1.29, 1.82) is 0 Å². The van der Waals surface area contributed by atoms with Gasteiger partial charge >= 0.3 is 0 Å². The molecule has 0 fully saturated rings. The quantitative estimate of drug-likeness (QED) is 0.873. The van der Waals surface area contributed by atoms with E-state index in [2.05, 4.69) is 30.2 Å². The maximum atomic E-state index is 6.01. The molecule has 2 aromatic rings. The minimum absolute atomic E-state index is 0.456. The van der Waals surface area contributed by atoms with E-state index in [-0.39, 0.29) is 0 Å². The Morgan fingerprint density at radius 1 is 1.19 bits per heavy atom. The topological polar surface area (TPSA) is 34.1 Å². The molecule has 1 N–H and O–H groups in total. The molecule has 0 spiro atoms. The first-order valence-electron chi connectivity index (χ1n) is 7.09. The summed E-state index contributed by atoms with van der Waals surface area (Å²) in [7, 11) is 0. The van der Waals surface area contributed by atoms with E-state index in [0.29, 0.717) is 11.9 Å². The van der Waals surface area contributed by atoms with Crippen LogP contribution >= 0.6 is 11.6 Å². The lowest BCUT2D eigenvalue weighted by Gasteiger charge is -2.12. The summed E-state index contributed by atoms with van der Waals surface area (Å²) in [4.78, 5) is 4.50. The van der Waals surface area contributed by atoms with Crippen molar-refractivity contribution in [2.24, 2.45) is 0 Å². The predicted octanol–water partition coefficient (Wildman–Crippen LogP) is 4.64. The molecule has 0 aliphatic rings. The Labute approximate surface area is 131 Å². The molecule has 21 heavy (non-hydrogen) atoms. The number of pyridine rings is 1. The van der Waals surface area contributed by atoms with Gasteiger partial charge < -0.3 is 10.1 Å². The molecule has 0 amide bonds. The number of aromatic nitrogens is 1. The van der Waals surface area contributed by atoms with Crippen LogP contribution in [0.2, 0.25) is 5.02 Å². The van der Waals surface area contributed by atoms with Gasteiger partial charge in [0.25, 0.3) is 0 Å². The van der Waals surface area contributed by atoms with Gasteiger partial charge in [0.05, 0.1) is 0 Å². The zero-order valence-corrected chi connectivity index (χ0v) is 13.7. The molecule has 0 bridgehead atoms. The fourth-order valence-corrected chi connectivity index (χ4v) is 2.04. The molecule has 0 atom stereocenters. The maximum absolute atomic E-state index is 6.01. The van der Waals surface area contributed by atoms with E-state index < -0.39 is 0 Å². The fourth-order valence-electron chi connectivity index (χ4n) is 1.93. The second kappa shape index (κ2) is 6.92. The normalized spacial score (nSPS) is 11.0. The van der Waals surface area contributed by atoms with Crippen LogP contribution in [0.3, 0.4) is 0 Å². The van der Waals surface area contributed by atoms with Crippen molar-refractivity contribution in [3.05, 3.63) is 52.2 Å². The highest BCUT2D eigenvalue weighted by atomic mass is 35.5. The number of rotatable bonds is 5. The number of nitrogens with one attached hydrogen (secondary N) is 1. The number of hydrogen-bond acceptors (Lipinski definition) is 3. The standard InChI is InChI=1S/C17H21ClN2O/c1-11(2)19-10-14-5-8-17(20-13(14)4)21-15-6-7-16(18)12(3)9-15/h5-9,11,19H,10H2,1-4H3. The van der Waals surface area contributed by atoms with Crippen LogP contribution in [0.4, 0.5) is 0 Å². The van der Waals surface area contributed by atoms with Crippen molar-refractivity contribution in [2.45, 2.75) is 40.3 Å². The lowest BCUT2D eigenvalue weighted by atomic mass is 10.2. The summed E-state index contributed by atoms with van der Waals surface area (Å²) in [6.45, 7) is 9.02. The monoisotopic (exact) mass is 304 g/mol. The molecule has 1 aromatic heterocycles. The lowest BCUT2D eigenvalue weighted by molar-refractivity contribution is 0.460. The average molecular weight is 305 g/mol. The summed E-state index contributed by atoms with van der Waals surface area (Å²) in [6, 6.07) is 10.00. The molecule has 0 radical (unpaired) electrons. The SMILES string of the molecule is Cc1cc(Oc2ccc(CNC(C)C)c(C)n2)ccc1Cl. The Bertz CT molecular complexity index is 626. The van der Waals surface area contributed by atoms with Crippen LogP contribution in [-0.2, 0) is 6.54 Å². The molecule has 0 aliphatic carbocycles. The van der Waals surface area contributed by atoms with Gasteiger partial charge in [-0.1, -0.05) is 31.5 Å². The highest BCUT2D eigenvalue weighted by Crippen LogP contribution is 2.25. The van der Waals surface area contributed by atoms with Gasteiger partial charge in [0.2, 0.25) is 5.88 Å². The number of nitrogens with zero attached hydrogens (tertiary/aromatic N) is 1. The second-order valence-corrected chi connectivity index (χ2v) is 5.85. The molecule has 112 valence electrons. The number of halogens is 1. The summed E-state index contributed by atoms with van der Waals surface area (Å²) in [6.07, 6.45) is 0. The summed E-state index contributed by atoms with van der Waals surface area (Å²) in [5.74, 6) is 1.35. The van der Waals surface area contributed by atoms with Crippen LogP contribution in [0, 0.1) is 13.8 Å². The molecule has 4 heteroatoms. The smallest absolute Gasteiger partial charge is 0.219 e. The minimum atomic E-state index is 0.456. The molecule has 0 aliphatic heterocycles. The van der Waals surface area contributed by atoms with Crippen molar-refractivity contribution < 1.29 is 4.74 Å². The predicted molar refractivity (Wildman–Crippen MR) is 87.2 cm³/mol. The summed E-state index contributed by atoms with van der Waals surface area (Å²) >= 11 is 6.01. The van der Waals surface area contributed by atoms with Crippen molar-refractivity contribution in [3.63, 3.8) is 0 Å². The molecule has 1 heterocycles. The third-order valence-corrected chi connectivity index (χ3v) is 3.65. The average Bonchev–Trinajstić information content (AvgIpc) is 2.42. The summed E-state index contributed by atoms with van der Waals surface area (Å²) in [5.41, 5.74) is 3.15. The number of aryl methyl sites for hydroxylation is 2. The Balaban J connectivity index is 2.10. The Morgan fingerprint density at radius 3 is 2.57 bits per heavy atom. The van der Waals surface area contributed by atoms with Gasteiger partial charge in [-0.15, -0.1) is 0 Å². The van der Waals surface area contributed by atoms with Gasteiger partial charge in [0.15, 0.2) is 0 Å². The molecule has 3 nitrogen and oxygen atoms in total. The van der Waals surface area contributed by atoms with E-state index in [1.165, 1.54) is 5.56 Å². The van der Waals surface area contributed by atoms with E-state index in [9.17, 15) is 0 Å². The fraction of sp³-hybridized carbons (Fsp3) is 0.353. The largest absolute Gasteiger partial charge is 0.439 e. The van der Waals surface area contributed by atoms with Gasteiger partial charge in [-0.05, 0) is 43.2 Å². The van der Waals surface area contributed by atoms with E-state index in [1.807, 2.05) is 38.1 Å². The molecule has 0 saturated carbocycles. The molecule has 2 rings (SSSR count). The van der Waals surface area contributed by atoms with Gasteiger partial charge in [0.1, 0.15) is 5.75 Å². The van der Waals surface area contributed by atoms with Crippen molar-refractivity contribution in [3.8, 4) is 11.6 Å². The molecular formula is C17H21ClN2O. The number of hydrogen-bond donors (Lipinski definition) is 1. The highest BCUT2D eigenvalue weighted by molar-refractivity contribution is 6.31. The Morgan fingerprint density at radius 2 is 1.95 bits per heavy atom. The van der Waals surface area contributed by atoms with E-state index >= 15 is 0 Å². The summed E-state index contributed by atoms with van der Waals surface area (Å²) < 4.78 is 5.79. The highest BCUT2D eigenvalue weighted by Gasteiger charge is 2.05. The zero-order valence-electron chi connectivity index (χ0n) is 12.9. The second-order valence-electron chi connectivity index (χ2n) is 5.44. The molecule has 1 aromatic carbocycles. The van der Waals surface area contributed by atoms with E-state index in [4.69, 9.17) is 16.3 Å². The molecular weight excluding hydrogens is 284 g/mol. The van der Waals surface area contributed by atoms with E-state index in [1.54, 1.807) is 0 Å². The van der Waals surface area contributed by atoms with Crippen LogP contribution in [0.1, 0.15) is 30.7 Å². The third kappa shape index (κ3) is 4.45. The van der Waals surface area contributed by atoms with Crippen molar-refractivity contribution in [2.75, 3.05) is 0 Å². The Hall–Kier alpha value is -1.58. The van der Waals surface area contributed by atoms with Crippen LogP contribution < -0.4 is 10.1 Å². The van der Waals surface area contributed by atoms with E-state index in [0.717, 1.165) is 28.6 Å². The van der Waals surface area contributed by atoms with Crippen molar-refractivity contribution >= 4 is 11.6 Å². The number of benzene rings is 1. The van der Waals surface area contributed by atoms with Gasteiger partial charge in [0, 0.05) is 29.4 Å². The zero-order chi connectivity index (χ0) is 15.4. The van der Waals surface area contributed by atoms with Gasteiger partial charge in [-0.3, -0.25) is 0 Å². The Kier molecular flexibility index (Phi) is 5.21. The van der Waals surface area contributed by atoms with Crippen LogP contribution in [0.5, 0.6) is 11.6 Å². The minimum Gasteiger partial charge on any atom is -0.439 e. The van der Waals surface area contributed by atoms with Crippen LogP contribution in [-0.4, -0.2) is 11.0 Å². The van der Waals surface area contributed by atoms with Gasteiger partial charge in [-0.2, -0.15) is 0 Å². The number of ether oxygens (including phenoxy) is 1. The van der Waals surface area contributed by atoms with Crippen LogP contribution in [0.15, 0.2) is 30.3 Å². The lowest BCUT2D eigenvalue weighted by Crippen LogP contribution is -2.22. The van der Waals surface area contributed by atoms with Crippen LogP contribution in [0.25, 0.3) is 0 Å². The van der Waals surface area contributed by atoms with Gasteiger partial charge in [-0.25, -0.2) is 4.98 Å². The van der Waals surface area contributed by atoms with Crippen molar-refractivity contribution in [1.82, 2.24) is 10.3 Å².